The minimum Gasteiger partial charge on any atom is -0.340 e. The van der Waals surface area contributed by atoms with Crippen LogP contribution in [0.1, 0.15) is 17.4 Å². The fourth-order valence-corrected chi connectivity index (χ4v) is 0.631. The lowest BCUT2D eigenvalue weighted by atomic mass is 10.3. The molecule has 0 saturated heterocycles. The standard InChI is InChI=1S/C5H6N4O/c1-3(10)4-5(9-6)8-2-7-4/h2,6H,1H3,(H,7,8). The Bertz CT molecular complexity index is 264. The summed E-state index contributed by atoms with van der Waals surface area (Å²) in [5.41, 5.74) is 6.87. The largest absolute Gasteiger partial charge is 0.340 e. The van der Waals surface area contributed by atoms with E-state index in [2.05, 4.69) is 15.1 Å². The molecule has 1 aromatic rings. The quantitative estimate of drug-likeness (QED) is 0.476. The normalized spacial score (nSPS) is 9.30. The number of nitrogens with one attached hydrogen (secondary N) is 2. The first kappa shape index (κ1) is 6.60. The Morgan fingerprint density at radius 3 is 3.00 bits per heavy atom. The van der Waals surface area contributed by atoms with Crippen molar-refractivity contribution in [2.24, 2.45) is 5.11 Å². The van der Waals surface area contributed by atoms with Crippen LogP contribution in [-0.2, 0) is 0 Å². The first-order valence-corrected chi connectivity index (χ1v) is 2.67. The van der Waals surface area contributed by atoms with E-state index in [1.807, 2.05) is 0 Å². The molecule has 0 aliphatic carbocycles. The Kier molecular flexibility index (Phi) is 1.57. The molecule has 0 fully saturated rings. The number of nitrogens with zero attached hydrogens (tertiary/aromatic N) is 2. The molecule has 2 N–H and O–H groups in total. The highest BCUT2D eigenvalue weighted by Crippen LogP contribution is 2.12. The molecule has 0 bridgehead atoms. The number of aromatic amines is 1. The summed E-state index contributed by atoms with van der Waals surface area (Å²) >= 11 is 0. The molecular formula is C5H6N4O. The van der Waals surface area contributed by atoms with Gasteiger partial charge in [0.1, 0.15) is 5.69 Å². The molecule has 0 aliphatic rings. The molecular weight excluding hydrogens is 132 g/mol. The predicted octanol–water partition coefficient (Wildman–Crippen LogP) is 1.27. The van der Waals surface area contributed by atoms with Crippen molar-refractivity contribution in [3.8, 4) is 0 Å². The molecule has 0 spiro atoms. The van der Waals surface area contributed by atoms with Gasteiger partial charge >= 0.3 is 0 Å². The number of carbonyl (C=O) groups is 1. The van der Waals surface area contributed by atoms with E-state index in [1.54, 1.807) is 0 Å². The number of imidazole rings is 1. The lowest BCUT2D eigenvalue weighted by molar-refractivity contribution is 0.101. The van der Waals surface area contributed by atoms with Gasteiger partial charge in [-0.15, -0.1) is 5.11 Å². The Morgan fingerprint density at radius 1 is 1.90 bits per heavy atom. The van der Waals surface area contributed by atoms with Crippen LogP contribution in [0.2, 0.25) is 0 Å². The van der Waals surface area contributed by atoms with Crippen LogP contribution in [0.4, 0.5) is 5.82 Å². The van der Waals surface area contributed by atoms with Crippen LogP contribution in [0.3, 0.4) is 0 Å². The Hall–Kier alpha value is -1.52. The van der Waals surface area contributed by atoms with E-state index >= 15 is 0 Å². The summed E-state index contributed by atoms with van der Waals surface area (Å²) in [7, 11) is 0. The van der Waals surface area contributed by atoms with Gasteiger partial charge in [-0.25, -0.2) is 10.5 Å². The van der Waals surface area contributed by atoms with Crippen LogP contribution in [0, 0.1) is 5.53 Å². The monoisotopic (exact) mass is 138 g/mol. The topological polar surface area (TPSA) is 82.0 Å². The van der Waals surface area contributed by atoms with Crippen LogP contribution >= 0.6 is 0 Å². The van der Waals surface area contributed by atoms with Gasteiger partial charge in [0, 0.05) is 6.92 Å². The van der Waals surface area contributed by atoms with E-state index in [9.17, 15) is 4.79 Å². The Balaban J connectivity index is 3.13. The maximum absolute atomic E-state index is 10.7. The molecule has 1 aromatic heterocycles. The maximum atomic E-state index is 10.7. The van der Waals surface area contributed by atoms with E-state index in [-0.39, 0.29) is 17.3 Å². The van der Waals surface area contributed by atoms with Crippen molar-refractivity contribution < 1.29 is 4.79 Å². The number of hydrogen-bond donors (Lipinski definition) is 2. The molecule has 5 heteroatoms. The molecule has 0 atom stereocenters. The molecule has 0 saturated carbocycles. The van der Waals surface area contributed by atoms with Gasteiger partial charge in [-0.05, 0) is 0 Å². The second kappa shape index (κ2) is 2.38. The van der Waals surface area contributed by atoms with Crippen molar-refractivity contribution in [2.75, 3.05) is 0 Å². The van der Waals surface area contributed by atoms with E-state index in [1.165, 1.54) is 13.3 Å². The summed E-state index contributed by atoms with van der Waals surface area (Å²) in [6.07, 6.45) is 1.34. The fraction of sp³-hybridized carbons (Fsp3) is 0.200. The third kappa shape index (κ3) is 0.928. The third-order valence-electron chi connectivity index (χ3n) is 1.08. The van der Waals surface area contributed by atoms with Gasteiger partial charge in [0.05, 0.1) is 6.33 Å². The molecule has 0 radical (unpaired) electrons. The first-order chi connectivity index (χ1) is 4.75. The molecule has 1 heterocycles. The smallest absolute Gasteiger partial charge is 0.202 e. The number of ketones is 1. The summed E-state index contributed by atoms with van der Waals surface area (Å²) in [5.74, 6) is -0.0176. The minimum atomic E-state index is -0.163. The van der Waals surface area contributed by atoms with Crippen molar-refractivity contribution in [3.05, 3.63) is 12.0 Å². The summed E-state index contributed by atoms with van der Waals surface area (Å²) in [4.78, 5) is 16.9. The summed E-state index contributed by atoms with van der Waals surface area (Å²) in [6.45, 7) is 1.39. The number of Topliss-reactive ketones (excluding diaryl/α,β-unsaturated/α-hetero) is 1. The minimum absolute atomic E-state index is 0.146. The van der Waals surface area contributed by atoms with Crippen molar-refractivity contribution in [3.63, 3.8) is 0 Å². The fourth-order valence-electron chi connectivity index (χ4n) is 0.631. The molecule has 0 amide bonds. The maximum Gasteiger partial charge on any atom is 0.202 e. The van der Waals surface area contributed by atoms with Crippen LogP contribution in [0.5, 0.6) is 0 Å². The average Bonchev–Trinajstić information content (AvgIpc) is 2.33. The number of rotatable bonds is 2. The van der Waals surface area contributed by atoms with Crippen molar-refractivity contribution in [1.82, 2.24) is 9.97 Å². The predicted molar refractivity (Wildman–Crippen MR) is 33.4 cm³/mol. The van der Waals surface area contributed by atoms with Crippen LogP contribution in [0.15, 0.2) is 11.4 Å². The highest BCUT2D eigenvalue weighted by Gasteiger charge is 2.07. The summed E-state index contributed by atoms with van der Waals surface area (Å²) in [5, 5.41) is 3.04. The highest BCUT2D eigenvalue weighted by molar-refractivity contribution is 5.95. The van der Waals surface area contributed by atoms with E-state index in [4.69, 9.17) is 5.53 Å². The third-order valence-corrected chi connectivity index (χ3v) is 1.08. The Labute approximate surface area is 57.0 Å². The van der Waals surface area contributed by atoms with Gasteiger partial charge < -0.3 is 4.98 Å². The molecule has 1 rings (SSSR count). The van der Waals surface area contributed by atoms with Crippen molar-refractivity contribution in [1.29, 1.82) is 5.53 Å². The second-order valence-electron chi connectivity index (χ2n) is 1.77. The Morgan fingerprint density at radius 2 is 2.60 bits per heavy atom. The summed E-state index contributed by atoms with van der Waals surface area (Å²) in [6, 6.07) is 0. The SMILES string of the molecule is CC(=O)c1[nH]cnc1N=N. The van der Waals surface area contributed by atoms with Crippen LogP contribution < -0.4 is 0 Å². The van der Waals surface area contributed by atoms with Gasteiger partial charge in [-0.1, -0.05) is 0 Å². The first-order valence-electron chi connectivity index (χ1n) is 2.67. The zero-order valence-corrected chi connectivity index (χ0v) is 5.38. The van der Waals surface area contributed by atoms with Gasteiger partial charge in [-0.2, -0.15) is 0 Å². The lowest BCUT2D eigenvalue weighted by Crippen LogP contribution is -1.91. The van der Waals surface area contributed by atoms with Crippen LogP contribution in [0.25, 0.3) is 0 Å². The molecule has 0 aromatic carbocycles. The zero-order valence-electron chi connectivity index (χ0n) is 5.38. The molecule has 52 valence electrons. The number of carbonyl (C=O) groups excluding carboxylic acids is 1. The van der Waals surface area contributed by atoms with Gasteiger partial charge in [0.2, 0.25) is 5.82 Å². The molecule has 10 heavy (non-hydrogen) atoms. The number of H-pyrrole nitrogens is 1. The van der Waals surface area contributed by atoms with Gasteiger partial charge in [0.15, 0.2) is 5.78 Å². The number of aromatic nitrogens is 2. The number of hydrogen-bond acceptors (Lipinski definition) is 4. The summed E-state index contributed by atoms with van der Waals surface area (Å²) < 4.78 is 0. The lowest BCUT2D eigenvalue weighted by Gasteiger charge is -1.86. The van der Waals surface area contributed by atoms with E-state index in [0.717, 1.165) is 0 Å². The highest BCUT2D eigenvalue weighted by atomic mass is 16.1. The van der Waals surface area contributed by atoms with Crippen molar-refractivity contribution >= 4 is 11.6 Å². The second-order valence-corrected chi connectivity index (χ2v) is 1.77. The van der Waals surface area contributed by atoms with Gasteiger partial charge in [-0.3, -0.25) is 4.79 Å². The van der Waals surface area contributed by atoms with Gasteiger partial charge in [0.25, 0.3) is 0 Å². The average molecular weight is 138 g/mol. The van der Waals surface area contributed by atoms with Crippen LogP contribution in [-0.4, -0.2) is 15.8 Å². The van der Waals surface area contributed by atoms with E-state index in [0.29, 0.717) is 0 Å². The zero-order chi connectivity index (χ0) is 7.56. The molecule has 0 unspecified atom stereocenters. The molecule has 5 nitrogen and oxygen atoms in total. The van der Waals surface area contributed by atoms with E-state index < -0.39 is 0 Å². The molecule has 0 aliphatic heterocycles. The van der Waals surface area contributed by atoms with Crippen molar-refractivity contribution in [2.45, 2.75) is 6.92 Å².